The van der Waals surface area contributed by atoms with Crippen LogP contribution in [0.3, 0.4) is 0 Å². The van der Waals surface area contributed by atoms with Gasteiger partial charge in [-0.05, 0) is 24.6 Å². The summed E-state index contributed by atoms with van der Waals surface area (Å²) in [4.78, 5) is 4.86. The van der Waals surface area contributed by atoms with E-state index in [-0.39, 0.29) is 5.41 Å². The van der Waals surface area contributed by atoms with Crippen molar-refractivity contribution in [1.29, 1.82) is 0 Å². The third-order valence-corrected chi connectivity index (χ3v) is 6.05. The van der Waals surface area contributed by atoms with Crippen molar-refractivity contribution in [2.75, 3.05) is 30.8 Å². The maximum Gasteiger partial charge on any atom is 0.0708 e. The molecule has 0 aromatic heterocycles. The topological polar surface area (TPSA) is 6.48 Å². The van der Waals surface area contributed by atoms with E-state index in [0.29, 0.717) is 6.04 Å². The van der Waals surface area contributed by atoms with E-state index in [1.807, 2.05) is 11.8 Å². The monoisotopic (exact) mass is 314 g/mol. The van der Waals surface area contributed by atoms with Gasteiger partial charge in [-0.15, -0.1) is 11.8 Å². The average molecular weight is 314 g/mol. The maximum absolute atomic E-state index is 2.45. The van der Waals surface area contributed by atoms with Gasteiger partial charge >= 0.3 is 0 Å². The highest BCUT2D eigenvalue weighted by Gasteiger charge is 2.41. The van der Waals surface area contributed by atoms with E-state index in [4.69, 9.17) is 0 Å². The van der Waals surface area contributed by atoms with Gasteiger partial charge in [-0.3, -0.25) is 0 Å². The Kier molecular flexibility index (Phi) is 4.26. The number of rotatable bonds is 3. The zero-order valence-corrected chi connectivity index (χ0v) is 14.9. The Morgan fingerprint density at radius 3 is 2.82 bits per heavy atom. The molecule has 0 amide bonds. The van der Waals surface area contributed by atoms with Gasteiger partial charge < -0.3 is 9.80 Å². The SMILES string of the molecule is CCN1CCS/C1=C\C=C\C1N(C)c2ccccc2C1(C)C. The van der Waals surface area contributed by atoms with Crippen LogP contribution in [0.1, 0.15) is 26.3 Å². The molecule has 22 heavy (non-hydrogen) atoms. The van der Waals surface area contributed by atoms with E-state index < -0.39 is 0 Å². The molecule has 0 aliphatic carbocycles. The summed E-state index contributed by atoms with van der Waals surface area (Å²) in [6.07, 6.45) is 6.90. The minimum absolute atomic E-state index is 0.146. The van der Waals surface area contributed by atoms with Crippen LogP contribution >= 0.6 is 11.8 Å². The van der Waals surface area contributed by atoms with Crippen LogP contribution < -0.4 is 4.90 Å². The number of allylic oxidation sites excluding steroid dienone is 2. The number of benzene rings is 1. The van der Waals surface area contributed by atoms with Crippen molar-refractivity contribution in [2.45, 2.75) is 32.2 Å². The van der Waals surface area contributed by atoms with Crippen molar-refractivity contribution in [3.05, 3.63) is 53.1 Å². The van der Waals surface area contributed by atoms with Crippen molar-refractivity contribution in [1.82, 2.24) is 4.90 Å². The minimum atomic E-state index is 0.146. The smallest absolute Gasteiger partial charge is 0.0708 e. The molecule has 0 saturated carbocycles. The van der Waals surface area contributed by atoms with Crippen molar-refractivity contribution < 1.29 is 0 Å². The van der Waals surface area contributed by atoms with Gasteiger partial charge in [0.25, 0.3) is 0 Å². The fourth-order valence-electron chi connectivity index (χ4n) is 3.66. The summed E-state index contributed by atoms with van der Waals surface area (Å²) in [5, 5.41) is 1.41. The molecule has 1 aromatic rings. The van der Waals surface area contributed by atoms with E-state index in [2.05, 4.69) is 80.1 Å². The molecule has 0 spiro atoms. The zero-order valence-electron chi connectivity index (χ0n) is 14.0. The van der Waals surface area contributed by atoms with E-state index in [1.54, 1.807) is 0 Å². The second-order valence-corrected chi connectivity index (χ2v) is 7.73. The lowest BCUT2D eigenvalue weighted by atomic mass is 9.80. The van der Waals surface area contributed by atoms with Gasteiger partial charge in [0.2, 0.25) is 0 Å². The Hall–Kier alpha value is -1.35. The molecule has 0 radical (unpaired) electrons. The molecule has 2 heterocycles. The van der Waals surface area contributed by atoms with Crippen molar-refractivity contribution in [2.24, 2.45) is 0 Å². The predicted molar refractivity (Wildman–Crippen MR) is 98.6 cm³/mol. The molecule has 2 nitrogen and oxygen atoms in total. The molecule has 3 rings (SSSR count). The van der Waals surface area contributed by atoms with Crippen LogP contribution in [0.25, 0.3) is 0 Å². The fourth-order valence-corrected chi connectivity index (χ4v) is 4.76. The number of hydrogen-bond acceptors (Lipinski definition) is 3. The highest BCUT2D eigenvalue weighted by molar-refractivity contribution is 8.03. The Bertz CT molecular complexity index is 603. The highest BCUT2D eigenvalue weighted by atomic mass is 32.2. The van der Waals surface area contributed by atoms with Crippen molar-refractivity contribution in [3.63, 3.8) is 0 Å². The van der Waals surface area contributed by atoms with Gasteiger partial charge in [-0.1, -0.05) is 44.2 Å². The number of nitrogens with zero attached hydrogens (tertiary/aromatic N) is 2. The Labute approximate surface area is 138 Å². The number of fused-ring (bicyclic) bond motifs is 1. The lowest BCUT2D eigenvalue weighted by Gasteiger charge is -2.29. The van der Waals surface area contributed by atoms with E-state index in [9.17, 15) is 0 Å². The Balaban J connectivity index is 1.82. The second-order valence-electron chi connectivity index (χ2n) is 6.61. The molecule has 1 unspecified atom stereocenters. The first-order valence-electron chi connectivity index (χ1n) is 8.14. The maximum atomic E-state index is 2.45. The van der Waals surface area contributed by atoms with Crippen LogP contribution in [0.4, 0.5) is 5.69 Å². The fraction of sp³-hybridized carbons (Fsp3) is 0.474. The molecule has 2 aliphatic heterocycles. The Morgan fingerprint density at radius 2 is 2.09 bits per heavy atom. The highest BCUT2D eigenvalue weighted by Crippen LogP contribution is 2.44. The number of hydrogen-bond donors (Lipinski definition) is 0. The molecule has 0 bridgehead atoms. The summed E-state index contributed by atoms with van der Waals surface area (Å²) >= 11 is 1.97. The molecule has 1 fully saturated rings. The standard InChI is InChI=1S/C19H26N2S/c1-5-21-13-14-22-18(21)12-8-11-17-19(2,3)15-9-6-7-10-16(15)20(17)4/h6-12,17H,5,13-14H2,1-4H3/b11-8+,18-12-. The van der Waals surface area contributed by atoms with Crippen LogP contribution in [-0.4, -0.2) is 36.8 Å². The largest absolute Gasteiger partial charge is 0.367 e. The van der Waals surface area contributed by atoms with Gasteiger partial charge in [-0.25, -0.2) is 0 Å². The minimum Gasteiger partial charge on any atom is -0.367 e. The summed E-state index contributed by atoms with van der Waals surface area (Å²) in [6.45, 7) is 9.21. The van der Waals surface area contributed by atoms with Crippen LogP contribution in [0.2, 0.25) is 0 Å². The van der Waals surface area contributed by atoms with Gasteiger partial charge in [0, 0.05) is 37.0 Å². The van der Waals surface area contributed by atoms with E-state index in [0.717, 1.165) is 6.54 Å². The third-order valence-electron chi connectivity index (χ3n) is 4.97. The first-order valence-corrected chi connectivity index (χ1v) is 9.13. The molecule has 1 aromatic carbocycles. The summed E-state index contributed by atoms with van der Waals surface area (Å²) < 4.78 is 0. The molecular weight excluding hydrogens is 288 g/mol. The van der Waals surface area contributed by atoms with Gasteiger partial charge in [-0.2, -0.15) is 0 Å². The first kappa shape index (κ1) is 15.5. The number of thioether (sulfide) groups is 1. The molecule has 1 atom stereocenters. The normalized spacial score (nSPS) is 25.5. The van der Waals surface area contributed by atoms with E-state index >= 15 is 0 Å². The molecule has 1 saturated heterocycles. The van der Waals surface area contributed by atoms with Crippen molar-refractivity contribution in [3.8, 4) is 0 Å². The van der Waals surface area contributed by atoms with E-state index in [1.165, 1.54) is 28.6 Å². The molecular formula is C19H26N2S. The summed E-state index contributed by atoms with van der Waals surface area (Å²) in [5.74, 6) is 1.22. The van der Waals surface area contributed by atoms with Crippen LogP contribution in [0.15, 0.2) is 47.5 Å². The lowest BCUT2D eigenvalue weighted by Crippen LogP contribution is -2.37. The summed E-state index contributed by atoms with van der Waals surface area (Å²) in [7, 11) is 2.21. The zero-order chi connectivity index (χ0) is 15.7. The quantitative estimate of drug-likeness (QED) is 0.823. The van der Waals surface area contributed by atoms with Gasteiger partial charge in [0.15, 0.2) is 0 Å². The summed E-state index contributed by atoms with van der Waals surface area (Å²) in [5.41, 5.74) is 2.96. The summed E-state index contributed by atoms with van der Waals surface area (Å²) in [6, 6.07) is 9.19. The average Bonchev–Trinajstić information content (AvgIpc) is 3.04. The Morgan fingerprint density at radius 1 is 1.32 bits per heavy atom. The lowest BCUT2D eigenvalue weighted by molar-refractivity contribution is 0.425. The third kappa shape index (κ3) is 2.56. The van der Waals surface area contributed by atoms with Crippen LogP contribution in [-0.2, 0) is 5.41 Å². The van der Waals surface area contributed by atoms with Crippen LogP contribution in [0, 0.1) is 0 Å². The van der Waals surface area contributed by atoms with Crippen LogP contribution in [0.5, 0.6) is 0 Å². The molecule has 2 aliphatic rings. The second kappa shape index (κ2) is 6.04. The van der Waals surface area contributed by atoms with Crippen molar-refractivity contribution >= 4 is 17.4 Å². The number of para-hydroxylation sites is 1. The predicted octanol–water partition coefficient (Wildman–Crippen LogP) is 4.25. The molecule has 118 valence electrons. The molecule has 0 N–H and O–H groups in total. The number of likely N-dealkylation sites (N-methyl/N-ethyl adjacent to an activating group) is 1. The molecule has 3 heteroatoms. The van der Waals surface area contributed by atoms with Gasteiger partial charge in [0.05, 0.1) is 11.1 Å². The first-order chi connectivity index (χ1) is 10.6. The van der Waals surface area contributed by atoms with Gasteiger partial charge in [0.1, 0.15) is 0 Å². The number of anilines is 1.